The molecule has 0 spiro atoms. The molecule has 0 aromatic heterocycles. The summed E-state index contributed by atoms with van der Waals surface area (Å²) in [6, 6.07) is 26.5. The molecule has 4 unspecified atom stereocenters. The molecule has 2 N–H and O–H groups in total. The van der Waals surface area contributed by atoms with Crippen LogP contribution in [0.2, 0.25) is 0 Å². The van der Waals surface area contributed by atoms with Crippen LogP contribution >= 0.6 is 0 Å². The smallest absolute Gasteiger partial charge is 0.325 e. The highest BCUT2D eigenvalue weighted by Gasteiger charge is 2.69. The van der Waals surface area contributed by atoms with E-state index in [9.17, 15) is 19.5 Å². The Morgan fingerprint density at radius 3 is 2.05 bits per heavy atom. The van der Waals surface area contributed by atoms with E-state index < -0.39 is 29.4 Å². The first-order chi connectivity index (χ1) is 19.5. The molecule has 2 amide bonds. The molecule has 2 aliphatic heterocycles. The number of carbonyl (C=O) groups is 3. The monoisotopic (exact) mass is 534 g/mol. The molecule has 2 saturated heterocycles. The summed E-state index contributed by atoms with van der Waals surface area (Å²) < 4.78 is 0. The van der Waals surface area contributed by atoms with Crippen molar-refractivity contribution in [2.24, 2.45) is 11.8 Å². The van der Waals surface area contributed by atoms with Crippen molar-refractivity contribution in [1.82, 2.24) is 10.2 Å². The number of benzene rings is 3. The van der Waals surface area contributed by atoms with Crippen molar-refractivity contribution in [1.29, 1.82) is 0 Å². The zero-order valence-electron chi connectivity index (χ0n) is 22.4. The first-order valence-corrected chi connectivity index (χ1v) is 14.2. The SMILES string of the molecule is O=C1C2C(c3ccc(C=Cc4ccccc4)cc3)NC(Cc3ccccc3)(C(=O)O)C2C(=O)N1C1CCCCC1. The van der Waals surface area contributed by atoms with E-state index in [1.54, 1.807) is 0 Å². The van der Waals surface area contributed by atoms with Crippen molar-refractivity contribution in [2.45, 2.75) is 56.1 Å². The number of rotatable bonds is 7. The van der Waals surface area contributed by atoms with Gasteiger partial charge in [0, 0.05) is 18.5 Å². The molecular formula is C34H34N2O4. The summed E-state index contributed by atoms with van der Waals surface area (Å²) in [5, 5.41) is 14.1. The fourth-order valence-corrected chi connectivity index (χ4v) is 6.93. The molecule has 6 heteroatoms. The minimum atomic E-state index is -1.58. The van der Waals surface area contributed by atoms with Crippen LogP contribution in [0.3, 0.4) is 0 Å². The zero-order valence-corrected chi connectivity index (χ0v) is 22.4. The van der Waals surface area contributed by atoms with Gasteiger partial charge in [-0.15, -0.1) is 0 Å². The van der Waals surface area contributed by atoms with Crippen LogP contribution in [0.25, 0.3) is 12.2 Å². The van der Waals surface area contributed by atoms with Crippen LogP contribution in [0.15, 0.2) is 84.9 Å². The average molecular weight is 535 g/mol. The number of carbonyl (C=O) groups excluding carboxylic acids is 2. The first-order valence-electron chi connectivity index (χ1n) is 14.2. The number of hydrogen-bond acceptors (Lipinski definition) is 4. The second-order valence-electron chi connectivity index (χ2n) is 11.3. The quantitative estimate of drug-likeness (QED) is 0.309. The maximum absolute atomic E-state index is 14.1. The summed E-state index contributed by atoms with van der Waals surface area (Å²) in [6.45, 7) is 0. The molecule has 40 heavy (non-hydrogen) atoms. The Bertz CT molecular complexity index is 1410. The summed E-state index contributed by atoms with van der Waals surface area (Å²) in [5.41, 5.74) is 2.13. The van der Waals surface area contributed by atoms with E-state index in [1.807, 2.05) is 97.1 Å². The minimum Gasteiger partial charge on any atom is -0.480 e. The lowest BCUT2D eigenvalue weighted by molar-refractivity contribution is -0.152. The molecular weight excluding hydrogens is 500 g/mol. The Labute approximate surface area is 234 Å². The maximum Gasteiger partial charge on any atom is 0.325 e. The van der Waals surface area contributed by atoms with Gasteiger partial charge < -0.3 is 5.11 Å². The molecule has 0 radical (unpaired) electrons. The van der Waals surface area contributed by atoms with Gasteiger partial charge in [-0.2, -0.15) is 0 Å². The van der Waals surface area contributed by atoms with Gasteiger partial charge in [0.15, 0.2) is 0 Å². The molecule has 3 aromatic carbocycles. The van der Waals surface area contributed by atoms with Crippen LogP contribution in [-0.4, -0.2) is 39.4 Å². The summed E-state index contributed by atoms with van der Waals surface area (Å²) in [4.78, 5) is 42.6. The maximum atomic E-state index is 14.1. The molecule has 4 atom stereocenters. The van der Waals surface area contributed by atoms with E-state index in [2.05, 4.69) is 5.32 Å². The lowest BCUT2D eigenvalue weighted by atomic mass is 9.76. The second kappa shape index (κ2) is 10.9. The Morgan fingerprint density at radius 2 is 1.43 bits per heavy atom. The van der Waals surface area contributed by atoms with Gasteiger partial charge in [-0.1, -0.05) is 116 Å². The number of hydrogen-bond donors (Lipinski definition) is 2. The normalized spacial score (nSPS) is 26.9. The highest BCUT2D eigenvalue weighted by atomic mass is 16.4. The van der Waals surface area contributed by atoms with E-state index in [0.29, 0.717) is 0 Å². The fraction of sp³-hybridized carbons (Fsp3) is 0.324. The molecule has 6 rings (SSSR count). The van der Waals surface area contributed by atoms with Crippen molar-refractivity contribution in [2.75, 3.05) is 0 Å². The summed E-state index contributed by atoms with van der Waals surface area (Å²) in [6.07, 6.45) is 8.81. The number of amides is 2. The Kier molecular flexibility index (Phi) is 7.11. The molecule has 204 valence electrons. The van der Waals surface area contributed by atoms with Crippen molar-refractivity contribution < 1.29 is 19.5 Å². The number of nitrogens with one attached hydrogen (secondary N) is 1. The largest absolute Gasteiger partial charge is 0.480 e. The van der Waals surface area contributed by atoms with Gasteiger partial charge in [-0.3, -0.25) is 24.6 Å². The van der Waals surface area contributed by atoms with E-state index in [-0.39, 0.29) is 24.3 Å². The first kappa shape index (κ1) is 26.2. The van der Waals surface area contributed by atoms with E-state index >= 15 is 0 Å². The van der Waals surface area contributed by atoms with Gasteiger partial charge in [-0.25, -0.2) is 0 Å². The number of fused-ring (bicyclic) bond motifs is 1. The van der Waals surface area contributed by atoms with E-state index in [4.69, 9.17) is 0 Å². The number of likely N-dealkylation sites (tertiary alicyclic amines) is 1. The van der Waals surface area contributed by atoms with Crippen molar-refractivity contribution >= 4 is 29.9 Å². The molecule has 6 nitrogen and oxygen atoms in total. The number of nitrogens with zero attached hydrogens (tertiary/aromatic N) is 1. The van der Waals surface area contributed by atoms with E-state index in [0.717, 1.165) is 54.4 Å². The number of carboxylic acid groups (broad SMARTS) is 1. The molecule has 3 aromatic rings. The van der Waals surface area contributed by atoms with Crippen LogP contribution in [0.1, 0.15) is 60.4 Å². The molecule has 1 aliphatic carbocycles. The number of imide groups is 1. The van der Waals surface area contributed by atoms with Crippen LogP contribution in [-0.2, 0) is 20.8 Å². The lowest BCUT2D eigenvalue weighted by Gasteiger charge is -2.34. The van der Waals surface area contributed by atoms with Gasteiger partial charge >= 0.3 is 5.97 Å². The van der Waals surface area contributed by atoms with Crippen LogP contribution in [0, 0.1) is 11.8 Å². The van der Waals surface area contributed by atoms with Crippen molar-refractivity contribution in [3.8, 4) is 0 Å². The van der Waals surface area contributed by atoms with Gasteiger partial charge in [0.1, 0.15) is 5.54 Å². The Morgan fingerprint density at radius 1 is 0.825 bits per heavy atom. The molecule has 2 heterocycles. The average Bonchev–Trinajstić information content (AvgIpc) is 3.47. The van der Waals surface area contributed by atoms with Crippen LogP contribution < -0.4 is 5.32 Å². The highest BCUT2D eigenvalue weighted by molar-refractivity contribution is 6.09. The molecule has 3 fully saturated rings. The molecule has 3 aliphatic rings. The van der Waals surface area contributed by atoms with Gasteiger partial charge in [0.2, 0.25) is 11.8 Å². The Hall–Kier alpha value is -4.03. The van der Waals surface area contributed by atoms with Gasteiger partial charge in [0.05, 0.1) is 11.8 Å². The minimum absolute atomic E-state index is 0.121. The summed E-state index contributed by atoms with van der Waals surface area (Å²) >= 11 is 0. The topological polar surface area (TPSA) is 86.7 Å². The van der Waals surface area contributed by atoms with Gasteiger partial charge in [-0.05, 0) is 35.1 Å². The number of aliphatic carboxylic acids is 1. The predicted octanol–water partition coefficient (Wildman–Crippen LogP) is 5.50. The van der Waals surface area contributed by atoms with Crippen LogP contribution in [0.5, 0.6) is 0 Å². The summed E-state index contributed by atoms with van der Waals surface area (Å²) in [5.74, 6) is -3.40. The summed E-state index contributed by atoms with van der Waals surface area (Å²) in [7, 11) is 0. The third-order valence-corrected chi connectivity index (χ3v) is 8.90. The number of carboxylic acids is 1. The highest BCUT2D eigenvalue weighted by Crippen LogP contribution is 2.51. The van der Waals surface area contributed by atoms with E-state index in [1.165, 1.54) is 4.90 Å². The predicted molar refractivity (Wildman–Crippen MR) is 154 cm³/mol. The standard InChI is InChI=1S/C34H34N2O4/c37-31-28-29(32(38)36(31)27-14-8-3-9-15-27)34(33(39)40,22-25-12-6-2-7-13-25)35-30(28)26-20-18-24(19-21-26)17-16-23-10-4-1-5-11-23/h1-2,4-7,10-13,16-21,27-30,35H,3,8-9,14-15,22H2,(H,39,40). The lowest BCUT2D eigenvalue weighted by Crippen LogP contribution is -2.58. The van der Waals surface area contributed by atoms with Gasteiger partial charge in [0.25, 0.3) is 0 Å². The fourth-order valence-electron chi connectivity index (χ4n) is 6.93. The van der Waals surface area contributed by atoms with Crippen molar-refractivity contribution in [3.05, 3.63) is 107 Å². The molecule has 0 bridgehead atoms. The molecule has 1 saturated carbocycles. The zero-order chi connectivity index (χ0) is 27.7. The second-order valence-corrected chi connectivity index (χ2v) is 11.3. The third-order valence-electron chi connectivity index (χ3n) is 8.90. The third kappa shape index (κ3) is 4.66. The van der Waals surface area contributed by atoms with Crippen LogP contribution in [0.4, 0.5) is 0 Å². The van der Waals surface area contributed by atoms with Crippen molar-refractivity contribution in [3.63, 3.8) is 0 Å². The Balaban J connectivity index is 1.36.